The van der Waals surface area contributed by atoms with Crippen LogP contribution in [0.2, 0.25) is 0 Å². The zero-order chi connectivity index (χ0) is 14.4. The molecule has 0 amide bonds. The average Bonchev–Trinajstić information content (AvgIpc) is 2.40. The fourth-order valence-corrected chi connectivity index (χ4v) is 2.68. The van der Waals surface area contributed by atoms with Gasteiger partial charge in [0.25, 0.3) is 0 Å². The van der Waals surface area contributed by atoms with Gasteiger partial charge in [-0.1, -0.05) is 38.5 Å². The largest absolute Gasteiger partial charge is 0.371 e. The Hall–Kier alpha value is -1.02. The van der Waals surface area contributed by atoms with E-state index in [4.69, 9.17) is 5.73 Å². The van der Waals surface area contributed by atoms with E-state index in [1.54, 1.807) is 0 Å². The third kappa shape index (κ3) is 4.24. The molecule has 0 fully saturated rings. The third-order valence-electron chi connectivity index (χ3n) is 4.11. The molecule has 2 heteroatoms. The molecule has 1 aromatic carbocycles. The molecule has 1 atom stereocenters. The Morgan fingerprint density at radius 1 is 1.11 bits per heavy atom. The minimum absolute atomic E-state index is 0.260. The number of hydrogen-bond acceptors (Lipinski definition) is 2. The molecule has 0 aliphatic heterocycles. The first-order chi connectivity index (χ1) is 9.03. The maximum absolute atomic E-state index is 6.15. The van der Waals surface area contributed by atoms with Crippen molar-refractivity contribution in [2.75, 3.05) is 11.9 Å². The van der Waals surface area contributed by atoms with Crippen molar-refractivity contribution in [2.24, 2.45) is 5.73 Å². The topological polar surface area (TPSA) is 29.3 Å². The first-order valence-corrected chi connectivity index (χ1v) is 7.61. The van der Waals surface area contributed by atoms with Gasteiger partial charge in [-0.2, -0.15) is 0 Å². The van der Waals surface area contributed by atoms with E-state index in [1.807, 2.05) is 0 Å². The fourth-order valence-electron chi connectivity index (χ4n) is 2.68. The number of aryl methyl sites for hydroxylation is 1. The van der Waals surface area contributed by atoms with Gasteiger partial charge in [0.2, 0.25) is 0 Å². The summed E-state index contributed by atoms with van der Waals surface area (Å²) in [6.45, 7) is 8.83. The summed E-state index contributed by atoms with van der Waals surface area (Å²) in [5.74, 6) is 0. The lowest BCUT2D eigenvalue weighted by Crippen LogP contribution is -2.32. The van der Waals surface area contributed by atoms with Gasteiger partial charge >= 0.3 is 0 Å². The number of nitrogens with two attached hydrogens (primary N) is 1. The van der Waals surface area contributed by atoms with Crippen LogP contribution < -0.4 is 10.6 Å². The van der Waals surface area contributed by atoms with E-state index in [0.717, 1.165) is 12.8 Å². The van der Waals surface area contributed by atoms with Crippen LogP contribution in [-0.2, 0) is 6.42 Å². The zero-order valence-corrected chi connectivity index (χ0v) is 13.2. The van der Waals surface area contributed by atoms with Gasteiger partial charge in [0.1, 0.15) is 0 Å². The summed E-state index contributed by atoms with van der Waals surface area (Å²) in [5.41, 5.74) is 10.2. The van der Waals surface area contributed by atoms with Gasteiger partial charge in [-0.15, -0.1) is 0 Å². The Kier molecular flexibility index (Phi) is 6.36. The van der Waals surface area contributed by atoms with Crippen LogP contribution in [0.3, 0.4) is 0 Å². The number of nitrogens with zero attached hydrogens (tertiary/aromatic N) is 1. The van der Waals surface area contributed by atoms with Crippen molar-refractivity contribution in [1.82, 2.24) is 0 Å². The van der Waals surface area contributed by atoms with Crippen LogP contribution in [0.15, 0.2) is 18.2 Å². The standard InChI is InChI=1S/C17H30N2/c1-6-15(18)12-14-11-13(4)9-10-17(14)19(5)16(7-2)8-3/h9-11,15-16H,6-8,12,18H2,1-5H3. The SMILES string of the molecule is CCC(N)Cc1cc(C)ccc1N(C)C(CC)CC. The predicted octanol–water partition coefficient (Wildman–Crippen LogP) is 3.90. The number of benzene rings is 1. The second kappa shape index (κ2) is 7.54. The molecule has 2 N–H and O–H groups in total. The Balaban J connectivity index is 3.04. The molecule has 19 heavy (non-hydrogen) atoms. The van der Waals surface area contributed by atoms with Gasteiger partial charge in [-0.05, 0) is 44.2 Å². The summed E-state index contributed by atoms with van der Waals surface area (Å²) in [4.78, 5) is 2.43. The molecule has 0 radical (unpaired) electrons. The van der Waals surface area contributed by atoms with Crippen molar-refractivity contribution in [3.63, 3.8) is 0 Å². The van der Waals surface area contributed by atoms with Gasteiger partial charge < -0.3 is 10.6 Å². The van der Waals surface area contributed by atoms with Crippen molar-refractivity contribution in [3.8, 4) is 0 Å². The van der Waals surface area contributed by atoms with Crippen LogP contribution >= 0.6 is 0 Å². The average molecular weight is 262 g/mol. The van der Waals surface area contributed by atoms with Crippen molar-refractivity contribution in [3.05, 3.63) is 29.3 Å². The Labute approximate surface area is 119 Å². The van der Waals surface area contributed by atoms with Gasteiger partial charge in [0.15, 0.2) is 0 Å². The lowest BCUT2D eigenvalue weighted by molar-refractivity contribution is 0.586. The number of rotatable bonds is 7. The van der Waals surface area contributed by atoms with E-state index < -0.39 is 0 Å². The molecule has 0 spiro atoms. The normalized spacial score (nSPS) is 12.8. The predicted molar refractivity (Wildman–Crippen MR) is 85.9 cm³/mol. The Morgan fingerprint density at radius 2 is 1.74 bits per heavy atom. The first kappa shape index (κ1) is 16.0. The van der Waals surface area contributed by atoms with Crippen LogP contribution in [0.25, 0.3) is 0 Å². The van der Waals surface area contributed by atoms with Crippen molar-refractivity contribution in [1.29, 1.82) is 0 Å². The molecule has 0 bridgehead atoms. The highest BCUT2D eigenvalue weighted by atomic mass is 15.1. The molecule has 0 saturated carbocycles. The molecule has 108 valence electrons. The van der Waals surface area contributed by atoms with Crippen molar-refractivity contribution >= 4 is 5.69 Å². The number of hydrogen-bond donors (Lipinski definition) is 1. The maximum atomic E-state index is 6.15. The molecule has 2 nitrogen and oxygen atoms in total. The quantitative estimate of drug-likeness (QED) is 0.807. The first-order valence-electron chi connectivity index (χ1n) is 7.61. The van der Waals surface area contributed by atoms with Crippen LogP contribution in [0.5, 0.6) is 0 Å². The van der Waals surface area contributed by atoms with E-state index in [-0.39, 0.29) is 6.04 Å². The summed E-state index contributed by atoms with van der Waals surface area (Å²) in [5, 5.41) is 0. The van der Waals surface area contributed by atoms with Crippen molar-refractivity contribution in [2.45, 2.75) is 65.5 Å². The van der Waals surface area contributed by atoms with Gasteiger partial charge in [-0.3, -0.25) is 0 Å². The van der Waals surface area contributed by atoms with Gasteiger partial charge in [0.05, 0.1) is 0 Å². The second-order valence-corrected chi connectivity index (χ2v) is 5.59. The minimum Gasteiger partial charge on any atom is -0.371 e. The highest BCUT2D eigenvalue weighted by molar-refractivity contribution is 5.55. The smallest absolute Gasteiger partial charge is 0.0399 e. The van der Waals surface area contributed by atoms with E-state index in [1.165, 1.54) is 29.7 Å². The van der Waals surface area contributed by atoms with E-state index in [0.29, 0.717) is 6.04 Å². The van der Waals surface area contributed by atoms with E-state index in [9.17, 15) is 0 Å². The lowest BCUT2D eigenvalue weighted by atomic mass is 9.99. The molecular formula is C17H30N2. The van der Waals surface area contributed by atoms with Crippen molar-refractivity contribution < 1.29 is 0 Å². The van der Waals surface area contributed by atoms with Crippen LogP contribution in [0.1, 0.15) is 51.2 Å². The molecule has 1 aromatic rings. The highest BCUT2D eigenvalue weighted by Gasteiger charge is 2.15. The zero-order valence-electron chi connectivity index (χ0n) is 13.2. The number of anilines is 1. The summed E-state index contributed by atoms with van der Waals surface area (Å²) in [7, 11) is 2.21. The van der Waals surface area contributed by atoms with E-state index >= 15 is 0 Å². The highest BCUT2D eigenvalue weighted by Crippen LogP contribution is 2.26. The molecule has 0 heterocycles. The van der Waals surface area contributed by atoms with Gasteiger partial charge in [0, 0.05) is 24.8 Å². The summed E-state index contributed by atoms with van der Waals surface area (Å²) in [6.07, 6.45) is 4.36. The Bertz CT molecular complexity index is 383. The summed E-state index contributed by atoms with van der Waals surface area (Å²) < 4.78 is 0. The Morgan fingerprint density at radius 3 is 2.26 bits per heavy atom. The molecular weight excluding hydrogens is 232 g/mol. The monoisotopic (exact) mass is 262 g/mol. The lowest BCUT2D eigenvalue weighted by Gasteiger charge is -2.31. The summed E-state index contributed by atoms with van der Waals surface area (Å²) in [6, 6.07) is 7.62. The molecule has 1 rings (SSSR count). The summed E-state index contributed by atoms with van der Waals surface area (Å²) >= 11 is 0. The molecule has 0 aliphatic carbocycles. The van der Waals surface area contributed by atoms with Crippen LogP contribution in [0, 0.1) is 6.92 Å². The molecule has 1 unspecified atom stereocenters. The minimum atomic E-state index is 0.260. The third-order valence-corrected chi connectivity index (χ3v) is 4.11. The fraction of sp³-hybridized carbons (Fsp3) is 0.647. The van der Waals surface area contributed by atoms with Gasteiger partial charge in [-0.25, -0.2) is 0 Å². The second-order valence-electron chi connectivity index (χ2n) is 5.59. The molecule has 0 saturated heterocycles. The van der Waals surface area contributed by atoms with Crippen LogP contribution in [-0.4, -0.2) is 19.1 Å². The van der Waals surface area contributed by atoms with Crippen LogP contribution in [0.4, 0.5) is 5.69 Å². The molecule has 0 aromatic heterocycles. The maximum Gasteiger partial charge on any atom is 0.0399 e. The van der Waals surface area contributed by atoms with E-state index in [2.05, 4.69) is 57.8 Å². The molecule has 0 aliphatic rings.